The summed E-state index contributed by atoms with van der Waals surface area (Å²) in [7, 11) is 0. The molecule has 0 aromatic heterocycles. The monoisotopic (exact) mass is 227 g/mol. The van der Waals surface area contributed by atoms with Crippen LogP contribution in [-0.2, 0) is 6.42 Å². The van der Waals surface area contributed by atoms with Gasteiger partial charge in [0.25, 0.3) is 0 Å². The van der Waals surface area contributed by atoms with E-state index < -0.39 is 0 Å². The average molecular weight is 227 g/mol. The fourth-order valence-corrected chi connectivity index (χ4v) is 2.67. The van der Waals surface area contributed by atoms with Crippen LogP contribution in [0.15, 0.2) is 24.3 Å². The summed E-state index contributed by atoms with van der Waals surface area (Å²) in [4.78, 5) is 0. The minimum Gasteiger partial charge on any atom is -0.313 e. The maximum Gasteiger partial charge on any atom is 0.0148 e. The fraction of sp³-hybridized carbons (Fsp3) is 0.500. The van der Waals surface area contributed by atoms with E-state index in [0.717, 1.165) is 19.4 Å². The molecule has 1 aliphatic rings. The zero-order valence-corrected chi connectivity index (χ0v) is 10.6. The van der Waals surface area contributed by atoms with Crippen LogP contribution >= 0.6 is 0 Å². The molecule has 0 spiro atoms. The predicted octanol–water partition coefficient (Wildman–Crippen LogP) is 3.11. The largest absolute Gasteiger partial charge is 0.313 e. The summed E-state index contributed by atoms with van der Waals surface area (Å²) < 4.78 is 0. The van der Waals surface area contributed by atoms with Crippen LogP contribution in [0, 0.1) is 12.3 Å². The Hall–Kier alpha value is -1.26. The number of fused-ring (bicyclic) bond motifs is 1. The molecule has 0 radical (unpaired) electrons. The number of hydrogen-bond acceptors (Lipinski definition) is 1. The number of nitrogens with one attached hydrogen (secondary N) is 1. The summed E-state index contributed by atoms with van der Waals surface area (Å²) in [5.74, 6) is 3.43. The van der Waals surface area contributed by atoms with Gasteiger partial charge in [0.15, 0.2) is 0 Å². The lowest BCUT2D eigenvalue weighted by Crippen LogP contribution is -2.40. The van der Waals surface area contributed by atoms with E-state index in [1.54, 1.807) is 0 Å². The van der Waals surface area contributed by atoms with Gasteiger partial charge in [0.05, 0.1) is 0 Å². The molecule has 0 saturated carbocycles. The predicted molar refractivity (Wildman–Crippen MR) is 73.0 cm³/mol. The van der Waals surface area contributed by atoms with Gasteiger partial charge in [0.2, 0.25) is 0 Å². The molecule has 2 rings (SSSR count). The molecule has 1 N–H and O–H groups in total. The number of rotatable bonds is 6. The van der Waals surface area contributed by atoms with Gasteiger partial charge < -0.3 is 5.32 Å². The third-order valence-electron chi connectivity index (χ3n) is 3.64. The quantitative estimate of drug-likeness (QED) is 0.736. The molecule has 0 aliphatic heterocycles. The van der Waals surface area contributed by atoms with E-state index in [-0.39, 0.29) is 0 Å². The average Bonchev–Trinajstić information content (AvgIpc) is 2.33. The molecule has 0 heterocycles. The van der Waals surface area contributed by atoms with Gasteiger partial charge in [-0.25, -0.2) is 0 Å². The Balaban J connectivity index is 2.00. The molecule has 2 unspecified atom stereocenters. The maximum absolute atomic E-state index is 5.38. The van der Waals surface area contributed by atoms with Crippen molar-refractivity contribution >= 4 is 0 Å². The van der Waals surface area contributed by atoms with Gasteiger partial charge in [-0.15, -0.1) is 12.3 Å². The van der Waals surface area contributed by atoms with Crippen LogP contribution in [0.1, 0.15) is 43.2 Å². The minimum absolute atomic E-state index is 0.556. The molecule has 1 aliphatic carbocycles. The highest BCUT2D eigenvalue weighted by Crippen LogP contribution is 2.38. The molecular formula is C16H21N. The van der Waals surface area contributed by atoms with Crippen LogP contribution < -0.4 is 5.32 Å². The standard InChI is InChI=1S/C16H21N/c1-3-5-10-16(17-11-4-2)15-12-13-8-6-7-9-14(13)15/h1,6-9,15-17H,4-5,10-12H2,2H3. The first-order valence-corrected chi connectivity index (χ1v) is 6.61. The second-order valence-electron chi connectivity index (χ2n) is 4.81. The third-order valence-corrected chi connectivity index (χ3v) is 3.64. The lowest BCUT2D eigenvalue weighted by atomic mass is 9.72. The number of hydrogen-bond donors (Lipinski definition) is 1. The van der Waals surface area contributed by atoms with Gasteiger partial charge in [0, 0.05) is 18.4 Å². The normalized spacial score (nSPS) is 18.9. The molecule has 90 valence electrons. The second kappa shape index (κ2) is 5.89. The van der Waals surface area contributed by atoms with Crippen LogP contribution in [0.5, 0.6) is 0 Å². The Kier molecular flexibility index (Phi) is 4.23. The third kappa shape index (κ3) is 2.70. The van der Waals surface area contributed by atoms with E-state index in [2.05, 4.69) is 42.4 Å². The first-order valence-electron chi connectivity index (χ1n) is 6.61. The summed E-state index contributed by atoms with van der Waals surface area (Å²) in [5, 5.41) is 3.65. The number of benzene rings is 1. The summed E-state index contributed by atoms with van der Waals surface area (Å²) in [6.45, 7) is 3.30. The topological polar surface area (TPSA) is 12.0 Å². The highest BCUT2D eigenvalue weighted by Gasteiger charge is 2.31. The molecule has 1 aromatic rings. The van der Waals surface area contributed by atoms with Crippen molar-refractivity contribution in [1.82, 2.24) is 5.32 Å². The lowest BCUT2D eigenvalue weighted by molar-refractivity contribution is 0.383. The van der Waals surface area contributed by atoms with Crippen molar-refractivity contribution in [2.24, 2.45) is 0 Å². The van der Waals surface area contributed by atoms with Gasteiger partial charge in [-0.3, -0.25) is 0 Å². The summed E-state index contributed by atoms with van der Waals surface area (Å²) >= 11 is 0. The molecular weight excluding hydrogens is 206 g/mol. The van der Waals surface area contributed by atoms with E-state index in [0.29, 0.717) is 12.0 Å². The van der Waals surface area contributed by atoms with Gasteiger partial charge in [0.1, 0.15) is 0 Å². The van der Waals surface area contributed by atoms with Crippen molar-refractivity contribution in [3.63, 3.8) is 0 Å². The molecule has 17 heavy (non-hydrogen) atoms. The van der Waals surface area contributed by atoms with E-state index >= 15 is 0 Å². The molecule has 1 aromatic carbocycles. The Morgan fingerprint density at radius 3 is 3.00 bits per heavy atom. The summed E-state index contributed by atoms with van der Waals surface area (Å²) in [6.07, 6.45) is 9.74. The molecule has 0 amide bonds. The van der Waals surface area contributed by atoms with Crippen LogP contribution in [0.4, 0.5) is 0 Å². The van der Waals surface area contributed by atoms with Crippen molar-refractivity contribution in [1.29, 1.82) is 0 Å². The highest BCUT2D eigenvalue weighted by molar-refractivity contribution is 5.41. The SMILES string of the molecule is C#CCCC(NCCC)C1Cc2ccccc21. The Morgan fingerprint density at radius 2 is 2.29 bits per heavy atom. The Morgan fingerprint density at radius 1 is 1.47 bits per heavy atom. The van der Waals surface area contributed by atoms with Gasteiger partial charge in [-0.1, -0.05) is 31.2 Å². The second-order valence-corrected chi connectivity index (χ2v) is 4.81. The maximum atomic E-state index is 5.38. The number of terminal acetylenes is 1. The molecule has 1 nitrogen and oxygen atoms in total. The van der Waals surface area contributed by atoms with Crippen molar-refractivity contribution in [2.45, 2.75) is 44.6 Å². The summed E-state index contributed by atoms with van der Waals surface area (Å²) in [6, 6.07) is 9.33. The van der Waals surface area contributed by atoms with E-state index in [1.165, 1.54) is 24.0 Å². The zero-order valence-electron chi connectivity index (χ0n) is 10.6. The van der Waals surface area contributed by atoms with E-state index in [4.69, 9.17) is 6.42 Å². The summed E-state index contributed by atoms with van der Waals surface area (Å²) in [5.41, 5.74) is 3.04. The molecule has 0 fully saturated rings. The van der Waals surface area contributed by atoms with Crippen molar-refractivity contribution in [2.75, 3.05) is 6.54 Å². The van der Waals surface area contributed by atoms with Crippen LogP contribution in [-0.4, -0.2) is 12.6 Å². The van der Waals surface area contributed by atoms with Crippen LogP contribution in [0.25, 0.3) is 0 Å². The van der Waals surface area contributed by atoms with E-state index in [1.807, 2.05) is 0 Å². The first-order chi connectivity index (χ1) is 8.36. The molecule has 1 heteroatoms. The zero-order chi connectivity index (χ0) is 12.1. The van der Waals surface area contributed by atoms with Crippen LogP contribution in [0.3, 0.4) is 0 Å². The minimum atomic E-state index is 0.556. The highest BCUT2D eigenvalue weighted by atomic mass is 14.9. The lowest BCUT2D eigenvalue weighted by Gasteiger charge is -2.37. The van der Waals surface area contributed by atoms with E-state index in [9.17, 15) is 0 Å². The first kappa shape index (κ1) is 12.2. The van der Waals surface area contributed by atoms with Crippen LogP contribution in [0.2, 0.25) is 0 Å². The molecule has 0 bridgehead atoms. The Labute approximate surface area is 105 Å². The van der Waals surface area contributed by atoms with Gasteiger partial charge in [-0.2, -0.15) is 0 Å². The van der Waals surface area contributed by atoms with Gasteiger partial charge >= 0.3 is 0 Å². The fourth-order valence-electron chi connectivity index (χ4n) is 2.67. The van der Waals surface area contributed by atoms with Crippen molar-refractivity contribution in [3.05, 3.63) is 35.4 Å². The smallest absolute Gasteiger partial charge is 0.0148 e. The molecule has 0 saturated heterocycles. The Bertz CT molecular complexity index is 402. The van der Waals surface area contributed by atoms with Crippen molar-refractivity contribution in [3.8, 4) is 12.3 Å². The molecule has 2 atom stereocenters. The van der Waals surface area contributed by atoms with Crippen molar-refractivity contribution < 1.29 is 0 Å². The van der Waals surface area contributed by atoms with Gasteiger partial charge in [-0.05, 0) is 36.9 Å².